The fraction of sp³-hybridized carbons (Fsp3) is 0.519. The topological polar surface area (TPSA) is 133 Å². The number of rotatable bonds is 9. The first-order chi connectivity index (χ1) is 18.3. The molecule has 0 saturated carbocycles. The summed E-state index contributed by atoms with van der Waals surface area (Å²) in [5.41, 5.74) is 1.08. The normalized spacial score (nSPS) is 16.6. The van der Waals surface area contributed by atoms with E-state index in [0.29, 0.717) is 18.5 Å². The molecule has 0 bridgehead atoms. The van der Waals surface area contributed by atoms with Crippen molar-refractivity contribution in [3.05, 3.63) is 53.1 Å². The SMILES string of the molecule is CC(C)(C)c1nnc(NC(=O)/C=C/[C@H](CCc2ccccc2)NC(=O)[C@@H]2CCCCN2)s1.CC(F)(F)C(=O)O. The van der Waals surface area contributed by atoms with Gasteiger partial charge < -0.3 is 15.7 Å². The van der Waals surface area contributed by atoms with Gasteiger partial charge in [-0.1, -0.05) is 74.9 Å². The molecule has 12 heteroatoms. The van der Waals surface area contributed by atoms with Crippen molar-refractivity contribution in [1.29, 1.82) is 0 Å². The van der Waals surface area contributed by atoms with Crippen LogP contribution in [0, 0.1) is 0 Å². The second kappa shape index (κ2) is 14.8. The van der Waals surface area contributed by atoms with Gasteiger partial charge in [0.2, 0.25) is 16.9 Å². The van der Waals surface area contributed by atoms with Gasteiger partial charge in [-0.25, -0.2) is 4.79 Å². The number of piperidine rings is 1. The second-order valence-electron chi connectivity index (χ2n) is 10.3. The van der Waals surface area contributed by atoms with Crippen LogP contribution in [0.3, 0.4) is 0 Å². The molecule has 1 aliphatic heterocycles. The Morgan fingerprint density at radius 1 is 1.15 bits per heavy atom. The number of carboxylic acids is 1. The molecule has 2 amide bonds. The summed E-state index contributed by atoms with van der Waals surface area (Å²) in [6, 6.07) is 9.73. The highest BCUT2D eigenvalue weighted by atomic mass is 32.1. The number of amides is 2. The van der Waals surface area contributed by atoms with Crippen LogP contribution < -0.4 is 16.0 Å². The maximum absolute atomic E-state index is 12.7. The summed E-state index contributed by atoms with van der Waals surface area (Å²) in [5, 5.41) is 26.2. The predicted octanol–water partition coefficient (Wildman–Crippen LogP) is 4.32. The molecule has 0 spiro atoms. The van der Waals surface area contributed by atoms with E-state index in [0.717, 1.165) is 37.2 Å². The lowest BCUT2D eigenvalue weighted by Crippen LogP contribution is -2.49. The maximum atomic E-state index is 12.7. The summed E-state index contributed by atoms with van der Waals surface area (Å²) >= 11 is 1.37. The van der Waals surface area contributed by atoms with Gasteiger partial charge in [0.25, 0.3) is 0 Å². The van der Waals surface area contributed by atoms with Crippen molar-refractivity contribution in [2.75, 3.05) is 11.9 Å². The Labute approximate surface area is 231 Å². The van der Waals surface area contributed by atoms with Crippen molar-refractivity contribution < 1.29 is 28.3 Å². The molecule has 1 saturated heterocycles. The van der Waals surface area contributed by atoms with Crippen LogP contribution in [0.25, 0.3) is 0 Å². The van der Waals surface area contributed by atoms with Crippen molar-refractivity contribution in [3.63, 3.8) is 0 Å². The second-order valence-corrected chi connectivity index (χ2v) is 11.3. The van der Waals surface area contributed by atoms with Gasteiger partial charge >= 0.3 is 11.9 Å². The molecule has 2 aromatic rings. The average Bonchev–Trinajstić information content (AvgIpc) is 3.35. The quantitative estimate of drug-likeness (QED) is 0.333. The monoisotopic (exact) mass is 565 g/mol. The average molecular weight is 566 g/mol. The zero-order chi connectivity index (χ0) is 29.1. The van der Waals surface area contributed by atoms with E-state index in [1.54, 1.807) is 6.08 Å². The fourth-order valence-electron chi connectivity index (χ4n) is 3.47. The molecule has 214 valence electrons. The molecule has 2 heterocycles. The number of aryl methyl sites for hydroxylation is 1. The molecule has 2 atom stereocenters. The van der Waals surface area contributed by atoms with Crippen LogP contribution in [0.1, 0.15) is 63.9 Å². The van der Waals surface area contributed by atoms with E-state index < -0.39 is 11.9 Å². The van der Waals surface area contributed by atoms with Crippen LogP contribution in [0.2, 0.25) is 0 Å². The molecule has 1 aromatic carbocycles. The minimum atomic E-state index is -3.58. The van der Waals surface area contributed by atoms with E-state index in [4.69, 9.17) is 5.11 Å². The van der Waals surface area contributed by atoms with E-state index >= 15 is 0 Å². The van der Waals surface area contributed by atoms with Crippen molar-refractivity contribution >= 4 is 34.3 Å². The van der Waals surface area contributed by atoms with Gasteiger partial charge in [-0.15, -0.1) is 10.2 Å². The third-order valence-corrected chi connectivity index (χ3v) is 6.96. The summed E-state index contributed by atoms with van der Waals surface area (Å²) in [4.78, 5) is 34.5. The Kier molecular flexibility index (Phi) is 12.1. The number of aliphatic carboxylic acids is 1. The number of benzene rings is 1. The van der Waals surface area contributed by atoms with Gasteiger partial charge in [-0.05, 0) is 37.8 Å². The number of halogens is 2. The maximum Gasteiger partial charge on any atom is 0.374 e. The number of alkyl halides is 2. The lowest BCUT2D eigenvalue weighted by molar-refractivity contribution is -0.161. The number of anilines is 1. The predicted molar refractivity (Wildman–Crippen MR) is 147 cm³/mol. The number of nitrogens with zero attached hydrogens (tertiary/aromatic N) is 2. The molecule has 1 aromatic heterocycles. The lowest BCUT2D eigenvalue weighted by atomic mass is 9.98. The van der Waals surface area contributed by atoms with E-state index in [1.165, 1.54) is 23.0 Å². The van der Waals surface area contributed by atoms with Crippen LogP contribution in [-0.2, 0) is 26.2 Å². The molecule has 0 unspecified atom stereocenters. The zero-order valence-corrected chi connectivity index (χ0v) is 23.5. The molecule has 0 radical (unpaired) electrons. The molecule has 4 N–H and O–H groups in total. The molecule has 1 aliphatic rings. The largest absolute Gasteiger partial charge is 0.477 e. The van der Waals surface area contributed by atoms with E-state index in [1.807, 2.05) is 18.2 Å². The van der Waals surface area contributed by atoms with Gasteiger partial charge in [0.05, 0.1) is 6.04 Å². The summed E-state index contributed by atoms with van der Waals surface area (Å²) in [6.07, 6.45) is 7.75. The van der Waals surface area contributed by atoms with Gasteiger partial charge in [-0.2, -0.15) is 8.78 Å². The molecule has 1 fully saturated rings. The molecule has 0 aliphatic carbocycles. The minimum absolute atomic E-state index is 0.00763. The van der Waals surface area contributed by atoms with Crippen LogP contribution >= 0.6 is 11.3 Å². The van der Waals surface area contributed by atoms with Crippen LogP contribution in [0.4, 0.5) is 13.9 Å². The third-order valence-electron chi connectivity index (χ3n) is 5.69. The first-order valence-electron chi connectivity index (χ1n) is 12.8. The van der Waals surface area contributed by atoms with Gasteiger partial charge in [-0.3, -0.25) is 14.9 Å². The van der Waals surface area contributed by atoms with Crippen molar-refractivity contribution in [2.24, 2.45) is 0 Å². The van der Waals surface area contributed by atoms with Crippen molar-refractivity contribution in [2.45, 2.75) is 83.2 Å². The Hall–Kier alpha value is -3.25. The van der Waals surface area contributed by atoms with E-state index in [9.17, 15) is 23.2 Å². The Bertz CT molecular complexity index is 1110. The van der Waals surface area contributed by atoms with Gasteiger partial charge in [0, 0.05) is 24.5 Å². The summed E-state index contributed by atoms with van der Waals surface area (Å²) in [7, 11) is 0. The summed E-state index contributed by atoms with van der Waals surface area (Å²) in [6.45, 7) is 7.36. The number of hydrogen-bond donors (Lipinski definition) is 4. The van der Waals surface area contributed by atoms with E-state index in [-0.39, 0.29) is 29.3 Å². The summed E-state index contributed by atoms with van der Waals surface area (Å²) in [5.74, 6) is -5.96. The van der Waals surface area contributed by atoms with Crippen molar-refractivity contribution in [3.8, 4) is 0 Å². The minimum Gasteiger partial charge on any atom is -0.477 e. The van der Waals surface area contributed by atoms with Gasteiger partial charge in [0.1, 0.15) is 5.01 Å². The van der Waals surface area contributed by atoms with Crippen LogP contribution in [-0.4, -0.2) is 57.6 Å². The Balaban J connectivity index is 0.000000673. The Morgan fingerprint density at radius 2 is 1.82 bits per heavy atom. The first-order valence-corrected chi connectivity index (χ1v) is 13.6. The lowest BCUT2D eigenvalue weighted by Gasteiger charge is -2.25. The third kappa shape index (κ3) is 12.0. The highest BCUT2D eigenvalue weighted by molar-refractivity contribution is 7.15. The molecular weight excluding hydrogens is 528 g/mol. The number of carbonyl (C=O) groups excluding carboxylic acids is 2. The number of hydrogen-bond acceptors (Lipinski definition) is 7. The molecule has 3 rings (SSSR count). The summed E-state index contributed by atoms with van der Waals surface area (Å²) < 4.78 is 22.5. The van der Waals surface area contributed by atoms with Gasteiger partial charge in [0.15, 0.2) is 0 Å². The first kappa shape index (κ1) is 32.0. The van der Waals surface area contributed by atoms with Crippen LogP contribution in [0.5, 0.6) is 0 Å². The molecule has 39 heavy (non-hydrogen) atoms. The number of aromatic nitrogens is 2. The molecular formula is C27H37F2N5O4S. The molecule has 9 nitrogen and oxygen atoms in total. The highest BCUT2D eigenvalue weighted by Crippen LogP contribution is 2.27. The standard InChI is InChI=1S/C24H33N5O2S.C3H4F2O2/c1-24(2,3)22-28-29-23(32-22)27-20(30)15-14-18(13-12-17-9-5-4-6-10-17)26-21(31)19-11-7-8-16-25-19;1-3(4,5)2(6)7/h4-6,9-10,14-15,18-19,25H,7-8,11-13,16H2,1-3H3,(H,26,31)(H,27,29,30);1H3,(H,6,7)/b15-14+;/t18-,19-;/m0./s1. The number of carboxylic acid groups (broad SMARTS) is 1. The van der Waals surface area contributed by atoms with Crippen molar-refractivity contribution in [1.82, 2.24) is 20.8 Å². The smallest absolute Gasteiger partial charge is 0.374 e. The Morgan fingerprint density at radius 3 is 2.36 bits per heavy atom. The number of carbonyl (C=O) groups is 3. The fourth-order valence-corrected chi connectivity index (χ4v) is 4.27. The highest BCUT2D eigenvalue weighted by Gasteiger charge is 2.31. The zero-order valence-electron chi connectivity index (χ0n) is 22.7. The number of nitrogens with one attached hydrogen (secondary N) is 3. The van der Waals surface area contributed by atoms with E-state index in [2.05, 4.69) is 59.1 Å². The van der Waals surface area contributed by atoms with Crippen LogP contribution in [0.15, 0.2) is 42.5 Å².